The normalized spacial score (nSPS) is 26.9. The third-order valence-electron chi connectivity index (χ3n) is 4.35. The summed E-state index contributed by atoms with van der Waals surface area (Å²) in [6, 6.07) is 6.21. The van der Waals surface area contributed by atoms with Crippen LogP contribution in [0.2, 0.25) is 0 Å². The number of fused-ring (bicyclic) bond motifs is 1. The quantitative estimate of drug-likeness (QED) is 0.879. The minimum absolute atomic E-state index is 0.383. The minimum atomic E-state index is 0.383. The summed E-state index contributed by atoms with van der Waals surface area (Å²) in [7, 11) is 0. The first-order valence-corrected chi connectivity index (χ1v) is 7.46. The molecule has 0 amide bonds. The molecule has 1 heterocycles. The van der Waals surface area contributed by atoms with E-state index >= 15 is 0 Å². The Bertz CT molecular complexity index is 427. The second-order valence-corrected chi connectivity index (χ2v) is 5.82. The molecule has 1 aliphatic carbocycles. The van der Waals surface area contributed by atoms with Crippen molar-refractivity contribution < 1.29 is 9.84 Å². The molecule has 0 spiro atoms. The second kappa shape index (κ2) is 5.93. The molecule has 104 valence electrons. The Morgan fingerprint density at radius 1 is 1.26 bits per heavy atom. The van der Waals surface area contributed by atoms with E-state index in [-0.39, 0.29) is 0 Å². The van der Waals surface area contributed by atoms with Crippen molar-refractivity contribution in [2.45, 2.75) is 38.1 Å². The van der Waals surface area contributed by atoms with Crippen LogP contribution in [-0.4, -0.2) is 24.9 Å². The summed E-state index contributed by atoms with van der Waals surface area (Å²) < 4.78 is 5.53. The summed E-state index contributed by atoms with van der Waals surface area (Å²) in [4.78, 5) is 0. The number of phenols is 1. The highest BCUT2D eigenvalue weighted by Gasteiger charge is 2.22. The highest BCUT2D eigenvalue weighted by atomic mass is 16.5. The molecule has 2 aliphatic rings. The molecular weight excluding hydrogens is 238 g/mol. The molecule has 19 heavy (non-hydrogen) atoms. The number of rotatable bonds is 3. The zero-order chi connectivity index (χ0) is 13.1. The fraction of sp³-hybridized carbons (Fsp3) is 0.625. The third kappa shape index (κ3) is 3.10. The molecule has 1 aliphatic heterocycles. The van der Waals surface area contributed by atoms with Crippen LogP contribution in [0.1, 0.15) is 42.9 Å². The summed E-state index contributed by atoms with van der Waals surface area (Å²) in [6.45, 7) is 2.85. The van der Waals surface area contributed by atoms with Crippen LogP contribution in [0.15, 0.2) is 18.2 Å². The van der Waals surface area contributed by atoms with E-state index in [0.29, 0.717) is 17.7 Å². The van der Waals surface area contributed by atoms with Crippen LogP contribution in [0.4, 0.5) is 0 Å². The summed E-state index contributed by atoms with van der Waals surface area (Å²) in [5, 5.41) is 13.4. The van der Waals surface area contributed by atoms with E-state index in [0.717, 1.165) is 26.2 Å². The predicted octanol–water partition coefficient (Wildman–Crippen LogP) is 2.79. The van der Waals surface area contributed by atoms with E-state index in [4.69, 9.17) is 4.74 Å². The molecule has 2 atom stereocenters. The maximum atomic E-state index is 9.68. The third-order valence-corrected chi connectivity index (χ3v) is 4.35. The largest absolute Gasteiger partial charge is 0.508 e. The molecule has 1 aromatic carbocycles. The average Bonchev–Trinajstić information content (AvgIpc) is 2.46. The Labute approximate surface area is 115 Å². The Hall–Kier alpha value is -1.06. The molecular formula is C16H23NO2. The lowest BCUT2D eigenvalue weighted by atomic mass is 9.87. The van der Waals surface area contributed by atoms with Crippen molar-refractivity contribution >= 4 is 0 Å². The van der Waals surface area contributed by atoms with Crippen LogP contribution in [-0.2, 0) is 11.2 Å². The molecule has 3 nitrogen and oxygen atoms in total. The van der Waals surface area contributed by atoms with Gasteiger partial charge >= 0.3 is 0 Å². The Balaban J connectivity index is 1.64. The number of benzene rings is 1. The molecule has 2 N–H and O–H groups in total. The first kappa shape index (κ1) is 12.9. The predicted molar refractivity (Wildman–Crippen MR) is 75.3 cm³/mol. The molecule has 1 fully saturated rings. The first-order chi connectivity index (χ1) is 9.33. The fourth-order valence-corrected chi connectivity index (χ4v) is 3.28. The Morgan fingerprint density at radius 3 is 3.05 bits per heavy atom. The lowest BCUT2D eigenvalue weighted by Crippen LogP contribution is -2.33. The minimum Gasteiger partial charge on any atom is -0.508 e. The van der Waals surface area contributed by atoms with Gasteiger partial charge in [0.15, 0.2) is 0 Å². The number of ether oxygens (including phenoxy) is 1. The van der Waals surface area contributed by atoms with Crippen LogP contribution in [0, 0.1) is 5.92 Å². The van der Waals surface area contributed by atoms with Gasteiger partial charge in [-0.05, 0) is 61.3 Å². The number of aryl methyl sites for hydroxylation is 1. The van der Waals surface area contributed by atoms with E-state index in [1.807, 2.05) is 6.07 Å². The average molecular weight is 261 g/mol. The van der Waals surface area contributed by atoms with Gasteiger partial charge in [-0.15, -0.1) is 0 Å². The molecule has 0 aromatic heterocycles. The lowest BCUT2D eigenvalue weighted by molar-refractivity contribution is 0.0535. The van der Waals surface area contributed by atoms with E-state index in [1.165, 1.54) is 36.8 Å². The number of hydrogen-bond acceptors (Lipinski definition) is 3. The molecule has 0 saturated carbocycles. The van der Waals surface area contributed by atoms with Gasteiger partial charge in [0, 0.05) is 19.2 Å². The van der Waals surface area contributed by atoms with Crippen LogP contribution in [0.5, 0.6) is 5.75 Å². The highest BCUT2D eigenvalue weighted by molar-refractivity contribution is 5.38. The zero-order valence-corrected chi connectivity index (χ0v) is 11.4. The number of hydrogen-bond donors (Lipinski definition) is 2. The van der Waals surface area contributed by atoms with Gasteiger partial charge in [-0.1, -0.05) is 6.07 Å². The van der Waals surface area contributed by atoms with Crippen LogP contribution in [0.3, 0.4) is 0 Å². The Kier molecular flexibility index (Phi) is 4.04. The van der Waals surface area contributed by atoms with Crippen molar-refractivity contribution in [2.75, 3.05) is 19.8 Å². The zero-order valence-electron chi connectivity index (χ0n) is 11.4. The van der Waals surface area contributed by atoms with Crippen molar-refractivity contribution in [1.82, 2.24) is 5.32 Å². The summed E-state index contributed by atoms with van der Waals surface area (Å²) in [5.74, 6) is 1.03. The topological polar surface area (TPSA) is 41.5 Å². The molecule has 1 aromatic rings. The molecule has 0 bridgehead atoms. The summed E-state index contributed by atoms with van der Waals surface area (Å²) in [6.07, 6.45) is 6.00. The molecule has 0 radical (unpaired) electrons. The van der Waals surface area contributed by atoms with E-state index < -0.39 is 0 Å². The molecule has 3 heteroatoms. The van der Waals surface area contributed by atoms with Crippen molar-refractivity contribution in [1.29, 1.82) is 0 Å². The molecule has 2 unspecified atom stereocenters. The first-order valence-electron chi connectivity index (χ1n) is 7.46. The van der Waals surface area contributed by atoms with Gasteiger partial charge in [0.05, 0.1) is 6.61 Å². The van der Waals surface area contributed by atoms with Gasteiger partial charge in [-0.25, -0.2) is 0 Å². The van der Waals surface area contributed by atoms with Gasteiger partial charge < -0.3 is 15.2 Å². The van der Waals surface area contributed by atoms with Gasteiger partial charge in [-0.2, -0.15) is 0 Å². The summed E-state index contributed by atoms with van der Waals surface area (Å²) in [5.41, 5.74) is 2.68. The highest BCUT2D eigenvalue weighted by Crippen LogP contribution is 2.32. The van der Waals surface area contributed by atoms with Gasteiger partial charge in [0.2, 0.25) is 0 Å². The van der Waals surface area contributed by atoms with E-state index in [2.05, 4.69) is 11.4 Å². The maximum Gasteiger partial charge on any atom is 0.115 e. The Morgan fingerprint density at radius 2 is 2.21 bits per heavy atom. The molecule has 3 rings (SSSR count). The monoisotopic (exact) mass is 261 g/mol. The van der Waals surface area contributed by atoms with Crippen molar-refractivity contribution in [3.8, 4) is 5.75 Å². The van der Waals surface area contributed by atoms with E-state index in [1.54, 1.807) is 6.07 Å². The smallest absolute Gasteiger partial charge is 0.115 e. The van der Waals surface area contributed by atoms with Crippen molar-refractivity contribution in [2.24, 2.45) is 5.92 Å². The number of aromatic hydroxyl groups is 1. The van der Waals surface area contributed by atoms with Gasteiger partial charge in [0.1, 0.15) is 5.75 Å². The van der Waals surface area contributed by atoms with E-state index in [9.17, 15) is 5.11 Å². The lowest BCUT2D eigenvalue weighted by Gasteiger charge is -2.29. The maximum absolute atomic E-state index is 9.68. The standard InChI is InChI=1S/C16H23NO2/c18-14-7-6-13-4-1-5-16(15(13)9-14)17-10-12-3-2-8-19-11-12/h6-7,9,12,16-18H,1-5,8,10-11H2. The molecule has 1 saturated heterocycles. The fourth-order valence-electron chi connectivity index (χ4n) is 3.28. The van der Waals surface area contributed by atoms with Gasteiger partial charge in [0.25, 0.3) is 0 Å². The van der Waals surface area contributed by atoms with Crippen molar-refractivity contribution in [3.63, 3.8) is 0 Å². The number of phenolic OH excluding ortho intramolecular Hbond substituents is 1. The van der Waals surface area contributed by atoms with Crippen LogP contribution in [0.25, 0.3) is 0 Å². The van der Waals surface area contributed by atoms with Gasteiger partial charge in [-0.3, -0.25) is 0 Å². The summed E-state index contributed by atoms with van der Waals surface area (Å²) >= 11 is 0. The van der Waals surface area contributed by atoms with Crippen LogP contribution < -0.4 is 5.32 Å². The van der Waals surface area contributed by atoms with Crippen molar-refractivity contribution in [3.05, 3.63) is 29.3 Å². The second-order valence-electron chi connectivity index (χ2n) is 5.82. The SMILES string of the molecule is Oc1ccc2c(c1)C(NCC1CCCOC1)CCC2. The number of nitrogens with one attached hydrogen (secondary N) is 1. The van der Waals surface area contributed by atoms with Crippen LogP contribution >= 0.6 is 0 Å².